The molecule has 1 aliphatic rings. The topological polar surface area (TPSA) is 49.3 Å². The van der Waals surface area contributed by atoms with E-state index in [9.17, 15) is 9.18 Å². The van der Waals surface area contributed by atoms with E-state index in [0.29, 0.717) is 17.2 Å². The van der Waals surface area contributed by atoms with Crippen LogP contribution in [0.1, 0.15) is 29.8 Å². The highest BCUT2D eigenvalue weighted by molar-refractivity contribution is 5.90. The first-order valence-electron chi connectivity index (χ1n) is 5.51. The fraction of sp³-hybridized carbons (Fsp3) is 0.308. The fourth-order valence-electron chi connectivity index (χ4n) is 1.86. The lowest BCUT2D eigenvalue weighted by atomic mass is 9.96. The van der Waals surface area contributed by atoms with Crippen LogP contribution in [0.25, 0.3) is 6.08 Å². The van der Waals surface area contributed by atoms with Crippen molar-refractivity contribution in [3.63, 3.8) is 0 Å². The molecule has 0 fully saturated rings. The molecule has 0 radical (unpaired) electrons. The second-order valence-electron chi connectivity index (χ2n) is 4.47. The standard InChI is InChI=1S/C13H14FNO2/c1-7(2)10-5-3-8-11(15-10)6-4-9(12(8)14)13(16)17/h3-7,10,15H,1-2H3,(H,16,17). The number of aromatic carboxylic acids is 1. The van der Waals surface area contributed by atoms with Crippen LogP contribution in [0.2, 0.25) is 0 Å². The summed E-state index contributed by atoms with van der Waals surface area (Å²) < 4.78 is 13.9. The minimum atomic E-state index is -1.25. The van der Waals surface area contributed by atoms with Crippen LogP contribution in [0, 0.1) is 11.7 Å². The normalized spacial score (nSPS) is 17.8. The van der Waals surface area contributed by atoms with E-state index in [4.69, 9.17) is 5.11 Å². The summed E-state index contributed by atoms with van der Waals surface area (Å²) in [5.74, 6) is -1.53. The first kappa shape index (κ1) is 11.6. The molecular weight excluding hydrogens is 221 g/mol. The number of halogens is 1. The molecule has 0 aromatic heterocycles. The average molecular weight is 235 g/mol. The van der Waals surface area contributed by atoms with Gasteiger partial charge in [-0.1, -0.05) is 26.0 Å². The SMILES string of the molecule is CC(C)C1C=Cc2c(ccc(C(=O)O)c2F)N1. The lowest BCUT2D eigenvalue weighted by Crippen LogP contribution is -2.26. The van der Waals surface area contributed by atoms with Crippen molar-refractivity contribution in [2.24, 2.45) is 5.92 Å². The van der Waals surface area contributed by atoms with Gasteiger partial charge in [0.2, 0.25) is 0 Å². The van der Waals surface area contributed by atoms with Crippen LogP contribution in [0.3, 0.4) is 0 Å². The van der Waals surface area contributed by atoms with Crippen molar-refractivity contribution in [1.82, 2.24) is 0 Å². The van der Waals surface area contributed by atoms with Crippen LogP contribution in [0.15, 0.2) is 18.2 Å². The van der Waals surface area contributed by atoms with Gasteiger partial charge in [0.1, 0.15) is 5.82 Å². The van der Waals surface area contributed by atoms with Crippen LogP contribution in [0.4, 0.5) is 10.1 Å². The van der Waals surface area contributed by atoms with E-state index in [1.807, 2.05) is 6.08 Å². The van der Waals surface area contributed by atoms with E-state index in [0.717, 1.165) is 0 Å². The van der Waals surface area contributed by atoms with E-state index < -0.39 is 11.8 Å². The molecule has 1 atom stereocenters. The summed E-state index contributed by atoms with van der Waals surface area (Å²) in [4.78, 5) is 10.8. The zero-order valence-electron chi connectivity index (χ0n) is 9.70. The average Bonchev–Trinajstić information content (AvgIpc) is 2.28. The molecule has 1 aliphatic heterocycles. The predicted molar refractivity (Wildman–Crippen MR) is 64.6 cm³/mol. The second-order valence-corrected chi connectivity index (χ2v) is 4.47. The Bertz CT molecular complexity index is 494. The van der Waals surface area contributed by atoms with Gasteiger partial charge >= 0.3 is 5.97 Å². The molecule has 1 heterocycles. The molecule has 2 rings (SSSR count). The number of fused-ring (bicyclic) bond motifs is 1. The van der Waals surface area contributed by atoms with Gasteiger partial charge in [-0.3, -0.25) is 0 Å². The van der Waals surface area contributed by atoms with Gasteiger partial charge in [-0.05, 0) is 18.1 Å². The van der Waals surface area contributed by atoms with Crippen molar-refractivity contribution in [2.45, 2.75) is 19.9 Å². The van der Waals surface area contributed by atoms with Gasteiger partial charge in [0.05, 0.1) is 5.56 Å². The zero-order chi connectivity index (χ0) is 12.6. The Balaban J connectivity index is 2.44. The molecule has 2 N–H and O–H groups in total. The van der Waals surface area contributed by atoms with Gasteiger partial charge in [-0.2, -0.15) is 0 Å². The first-order chi connectivity index (χ1) is 8.00. The van der Waals surface area contributed by atoms with Gasteiger partial charge in [0.15, 0.2) is 0 Å². The highest BCUT2D eigenvalue weighted by Crippen LogP contribution is 2.29. The third-order valence-electron chi connectivity index (χ3n) is 2.92. The van der Waals surface area contributed by atoms with E-state index in [1.165, 1.54) is 6.07 Å². The van der Waals surface area contributed by atoms with Crippen molar-refractivity contribution < 1.29 is 14.3 Å². The van der Waals surface area contributed by atoms with Crippen molar-refractivity contribution in [3.8, 4) is 0 Å². The molecular formula is C13H14FNO2. The number of carboxylic acid groups (broad SMARTS) is 1. The second kappa shape index (κ2) is 4.20. The van der Waals surface area contributed by atoms with E-state index in [-0.39, 0.29) is 11.6 Å². The Kier molecular flexibility index (Phi) is 2.88. The minimum absolute atomic E-state index is 0.151. The summed E-state index contributed by atoms with van der Waals surface area (Å²) in [7, 11) is 0. The van der Waals surface area contributed by atoms with Crippen LogP contribution in [-0.2, 0) is 0 Å². The Labute approximate surface area is 99.0 Å². The first-order valence-corrected chi connectivity index (χ1v) is 5.51. The highest BCUT2D eigenvalue weighted by atomic mass is 19.1. The number of carboxylic acids is 1. The molecule has 3 nitrogen and oxygen atoms in total. The maximum absolute atomic E-state index is 13.9. The number of benzene rings is 1. The number of hydrogen-bond acceptors (Lipinski definition) is 2. The van der Waals surface area contributed by atoms with Gasteiger partial charge in [-0.25, -0.2) is 9.18 Å². The Morgan fingerprint density at radius 3 is 2.76 bits per heavy atom. The molecule has 90 valence electrons. The van der Waals surface area contributed by atoms with Crippen molar-refractivity contribution in [3.05, 3.63) is 35.2 Å². The van der Waals surface area contributed by atoms with E-state index >= 15 is 0 Å². The third-order valence-corrected chi connectivity index (χ3v) is 2.92. The lowest BCUT2D eigenvalue weighted by Gasteiger charge is -2.25. The van der Waals surface area contributed by atoms with Crippen molar-refractivity contribution in [1.29, 1.82) is 0 Å². The fourth-order valence-corrected chi connectivity index (χ4v) is 1.86. The maximum atomic E-state index is 13.9. The number of anilines is 1. The number of carbonyl (C=O) groups is 1. The largest absolute Gasteiger partial charge is 0.478 e. The number of hydrogen-bond donors (Lipinski definition) is 2. The predicted octanol–water partition coefficient (Wildman–Crippen LogP) is 2.99. The molecule has 1 aromatic rings. The molecule has 4 heteroatoms. The molecule has 1 unspecified atom stereocenters. The smallest absolute Gasteiger partial charge is 0.338 e. The van der Waals surface area contributed by atoms with Crippen molar-refractivity contribution >= 4 is 17.7 Å². The molecule has 0 bridgehead atoms. The van der Waals surface area contributed by atoms with Gasteiger partial charge in [0, 0.05) is 17.3 Å². The number of nitrogens with one attached hydrogen (secondary N) is 1. The molecule has 0 amide bonds. The summed E-state index contributed by atoms with van der Waals surface area (Å²) in [5.41, 5.74) is 0.675. The number of rotatable bonds is 2. The monoisotopic (exact) mass is 235 g/mol. The van der Waals surface area contributed by atoms with E-state index in [2.05, 4.69) is 19.2 Å². The van der Waals surface area contributed by atoms with Crippen LogP contribution in [-0.4, -0.2) is 17.1 Å². The van der Waals surface area contributed by atoms with Gasteiger partial charge in [-0.15, -0.1) is 0 Å². The molecule has 1 aromatic carbocycles. The van der Waals surface area contributed by atoms with Crippen molar-refractivity contribution in [2.75, 3.05) is 5.32 Å². The van der Waals surface area contributed by atoms with Crippen LogP contribution < -0.4 is 5.32 Å². The maximum Gasteiger partial charge on any atom is 0.338 e. The third kappa shape index (κ3) is 2.02. The quantitative estimate of drug-likeness (QED) is 0.828. The summed E-state index contributed by atoms with van der Waals surface area (Å²) in [6.45, 7) is 4.13. The molecule has 0 saturated carbocycles. The molecule has 0 aliphatic carbocycles. The van der Waals surface area contributed by atoms with Gasteiger partial charge < -0.3 is 10.4 Å². The Morgan fingerprint density at radius 1 is 1.47 bits per heavy atom. The summed E-state index contributed by atoms with van der Waals surface area (Å²) in [6, 6.07) is 3.05. The Hall–Kier alpha value is -1.84. The van der Waals surface area contributed by atoms with Crippen LogP contribution in [0.5, 0.6) is 0 Å². The van der Waals surface area contributed by atoms with E-state index in [1.54, 1.807) is 12.1 Å². The minimum Gasteiger partial charge on any atom is -0.478 e. The lowest BCUT2D eigenvalue weighted by molar-refractivity contribution is 0.0692. The zero-order valence-corrected chi connectivity index (χ0v) is 9.70. The Morgan fingerprint density at radius 2 is 2.18 bits per heavy atom. The molecule has 0 saturated heterocycles. The van der Waals surface area contributed by atoms with Crippen LogP contribution >= 0.6 is 0 Å². The molecule has 17 heavy (non-hydrogen) atoms. The summed E-state index contributed by atoms with van der Waals surface area (Å²) in [5, 5.41) is 12.0. The molecule has 0 spiro atoms. The van der Waals surface area contributed by atoms with Gasteiger partial charge in [0.25, 0.3) is 0 Å². The summed E-state index contributed by atoms with van der Waals surface area (Å²) >= 11 is 0. The summed E-state index contributed by atoms with van der Waals surface area (Å²) in [6.07, 6.45) is 3.51. The highest BCUT2D eigenvalue weighted by Gasteiger charge is 2.21.